The summed E-state index contributed by atoms with van der Waals surface area (Å²) < 4.78 is 10.0. The van der Waals surface area contributed by atoms with Gasteiger partial charge in [-0.3, -0.25) is 0 Å². The first kappa shape index (κ1) is 23.2. The zero-order valence-electron chi connectivity index (χ0n) is 11.3. The quantitative estimate of drug-likeness (QED) is 0.667. The third kappa shape index (κ3) is 26.6. The van der Waals surface area contributed by atoms with Crippen molar-refractivity contribution >= 4 is 37.7 Å². The first-order chi connectivity index (χ1) is 7.43. The molecule has 2 atom stereocenters. The molecule has 0 radical (unpaired) electrons. The predicted octanol–water partition coefficient (Wildman–Crippen LogP) is 0.527. The van der Waals surface area contributed by atoms with Crippen molar-refractivity contribution in [3.63, 3.8) is 0 Å². The second-order valence-corrected chi connectivity index (χ2v) is 4.23. The summed E-state index contributed by atoms with van der Waals surface area (Å²) in [5.74, 6) is 0.681. The van der Waals surface area contributed by atoms with E-state index in [0.29, 0.717) is 12.5 Å². The topological polar surface area (TPSA) is 58.9 Å². The molecular formula is C12H30CaO4. The second kappa shape index (κ2) is 17.1. The fraction of sp³-hybridized carbons (Fsp3) is 1.00. The van der Waals surface area contributed by atoms with Gasteiger partial charge >= 0.3 is 37.7 Å². The van der Waals surface area contributed by atoms with Gasteiger partial charge in [0, 0.05) is 13.2 Å². The molecule has 2 N–H and O–H groups in total. The van der Waals surface area contributed by atoms with E-state index in [2.05, 4.69) is 13.8 Å². The molecule has 0 aromatic heterocycles. The molecule has 0 saturated heterocycles. The number of ether oxygens (including phenoxy) is 2. The SMILES string of the molecule is CC(O)COC(C)CO.CCOCC(C)C.[CaH2]. The van der Waals surface area contributed by atoms with Gasteiger partial charge < -0.3 is 19.7 Å². The van der Waals surface area contributed by atoms with Gasteiger partial charge in [-0.1, -0.05) is 13.8 Å². The van der Waals surface area contributed by atoms with Crippen molar-refractivity contribution in [3.8, 4) is 0 Å². The van der Waals surface area contributed by atoms with Crippen LogP contribution in [0.5, 0.6) is 0 Å². The van der Waals surface area contributed by atoms with Crippen LogP contribution in [-0.4, -0.2) is 86.6 Å². The molecule has 2 unspecified atom stereocenters. The molecule has 0 spiro atoms. The molecule has 104 valence electrons. The van der Waals surface area contributed by atoms with Gasteiger partial charge in [-0.25, -0.2) is 0 Å². The van der Waals surface area contributed by atoms with Crippen LogP contribution in [0.25, 0.3) is 0 Å². The summed E-state index contributed by atoms with van der Waals surface area (Å²) in [7, 11) is 0. The molecule has 0 heterocycles. The molecule has 4 nitrogen and oxygen atoms in total. The van der Waals surface area contributed by atoms with Gasteiger partial charge in [-0.15, -0.1) is 0 Å². The summed E-state index contributed by atoms with van der Waals surface area (Å²) in [5.41, 5.74) is 0. The summed E-state index contributed by atoms with van der Waals surface area (Å²) in [6.07, 6.45) is -0.612. The summed E-state index contributed by atoms with van der Waals surface area (Å²) in [6, 6.07) is 0. The van der Waals surface area contributed by atoms with Gasteiger partial charge in [0.2, 0.25) is 0 Å². The number of aliphatic hydroxyl groups is 2. The first-order valence-corrected chi connectivity index (χ1v) is 5.92. The Balaban J connectivity index is -0.000000224. The van der Waals surface area contributed by atoms with Crippen LogP contribution in [-0.2, 0) is 9.47 Å². The van der Waals surface area contributed by atoms with Gasteiger partial charge in [-0.05, 0) is 26.7 Å². The third-order valence-electron chi connectivity index (χ3n) is 1.53. The average molecular weight is 278 g/mol. The van der Waals surface area contributed by atoms with Gasteiger partial charge in [-0.2, -0.15) is 0 Å². The van der Waals surface area contributed by atoms with Crippen molar-refractivity contribution in [3.05, 3.63) is 0 Å². The standard InChI is InChI=1S/C6H14O3.C6H14O.Ca.2H/c1-5(8)4-9-6(2)3-7;1-4-7-5-6(2)3;;;/h5-8H,3-4H2,1-2H3;6H,4-5H2,1-3H3;;;. The minimum absolute atomic E-state index is 0. The Morgan fingerprint density at radius 1 is 1.06 bits per heavy atom. The van der Waals surface area contributed by atoms with Crippen molar-refractivity contribution < 1.29 is 19.7 Å². The molecule has 17 heavy (non-hydrogen) atoms. The maximum atomic E-state index is 8.69. The Morgan fingerprint density at radius 3 is 1.82 bits per heavy atom. The molecular weight excluding hydrogens is 248 g/mol. The van der Waals surface area contributed by atoms with E-state index >= 15 is 0 Å². The molecule has 0 aliphatic heterocycles. The number of rotatable bonds is 7. The zero-order valence-corrected chi connectivity index (χ0v) is 11.3. The molecule has 0 aliphatic carbocycles. The van der Waals surface area contributed by atoms with Crippen molar-refractivity contribution in [2.45, 2.75) is 46.8 Å². The normalized spacial score (nSPS) is 13.4. The zero-order chi connectivity index (χ0) is 13.0. The van der Waals surface area contributed by atoms with E-state index in [0.717, 1.165) is 13.2 Å². The molecule has 0 fully saturated rings. The van der Waals surface area contributed by atoms with Gasteiger partial charge in [0.05, 0.1) is 25.4 Å². The van der Waals surface area contributed by atoms with E-state index in [1.807, 2.05) is 6.92 Å². The average Bonchev–Trinajstić information content (AvgIpc) is 2.23. The van der Waals surface area contributed by atoms with E-state index in [1.165, 1.54) is 0 Å². The van der Waals surface area contributed by atoms with Gasteiger partial charge in [0.15, 0.2) is 0 Å². The van der Waals surface area contributed by atoms with E-state index in [9.17, 15) is 0 Å². The van der Waals surface area contributed by atoms with Crippen molar-refractivity contribution in [1.29, 1.82) is 0 Å². The molecule has 0 saturated carbocycles. The summed E-state index contributed by atoms with van der Waals surface area (Å²) in [6.45, 7) is 11.8. The Bertz CT molecular complexity index is 132. The monoisotopic (exact) mass is 278 g/mol. The van der Waals surface area contributed by atoms with Gasteiger partial charge in [0.25, 0.3) is 0 Å². The van der Waals surface area contributed by atoms with Crippen molar-refractivity contribution in [2.75, 3.05) is 26.4 Å². The molecule has 0 bridgehead atoms. The molecule has 0 aromatic rings. The summed E-state index contributed by atoms with van der Waals surface area (Å²) in [4.78, 5) is 0. The van der Waals surface area contributed by atoms with E-state index in [1.54, 1.807) is 13.8 Å². The van der Waals surface area contributed by atoms with E-state index < -0.39 is 6.10 Å². The summed E-state index contributed by atoms with van der Waals surface area (Å²) >= 11 is 0. The van der Waals surface area contributed by atoms with Crippen molar-refractivity contribution in [1.82, 2.24) is 0 Å². The Morgan fingerprint density at radius 2 is 1.59 bits per heavy atom. The van der Waals surface area contributed by atoms with Crippen molar-refractivity contribution in [2.24, 2.45) is 5.92 Å². The molecule has 5 heteroatoms. The van der Waals surface area contributed by atoms with Crippen LogP contribution in [0.3, 0.4) is 0 Å². The van der Waals surface area contributed by atoms with Crippen LogP contribution in [0.1, 0.15) is 34.6 Å². The fourth-order valence-corrected chi connectivity index (χ4v) is 0.710. The molecule has 0 amide bonds. The molecule has 0 rings (SSSR count). The number of hydrogen-bond acceptors (Lipinski definition) is 4. The summed E-state index contributed by atoms with van der Waals surface area (Å²) in [5, 5.41) is 17.1. The van der Waals surface area contributed by atoms with Crippen LogP contribution < -0.4 is 0 Å². The Hall–Kier alpha value is 1.10. The fourth-order valence-electron chi connectivity index (χ4n) is 0.710. The molecule has 0 aliphatic rings. The van der Waals surface area contributed by atoms with E-state index in [4.69, 9.17) is 19.7 Å². The number of hydrogen-bond donors (Lipinski definition) is 2. The van der Waals surface area contributed by atoms with E-state index in [-0.39, 0.29) is 50.4 Å². The number of aliphatic hydroxyl groups excluding tert-OH is 2. The van der Waals surface area contributed by atoms with Crippen LogP contribution in [0.15, 0.2) is 0 Å². The maximum absolute atomic E-state index is 8.69. The predicted molar refractivity (Wildman–Crippen MR) is 74.1 cm³/mol. The molecule has 0 aromatic carbocycles. The second-order valence-electron chi connectivity index (χ2n) is 4.23. The third-order valence-corrected chi connectivity index (χ3v) is 1.53. The Kier molecular flexibility index (Phi) is 23.3. The van der Waals surface area contributed by atoms with Crippen LogP contribution in [0.2, 0.25) is 0 Å². The Labute approximate surface area is 136 Å². The van der Waals surface area contributed by atoms with Crippen LogP contribution in [0.4, 0.5) is 0 Å². The first-order valence-electron chi connectivity index (χ1n) is 5.92. The van der Waals surface area contributed by atoms with Crippen LogP contribution in [0, 0.1) is 5.92 Å². The van der Waals surface area contributed by atoms with Gasteiger partial charge in [0.1, 0.15) is 0 Å². The minimum atomic E-state index is -0.445. The van der Waals surface area contributed by atoms with Crippen LogP contribution >= 0.6 is 0 Å².